The van der Waals surface area contributed by atoms with E-state index in [1.165, 1.54) is 16.9 Å². The van der Waals surface area contributed by atoms with Crippen molar-refractivity contribution in [1.29, 1.82) is 0 Å². The molecule has 1 saturated heterocycles. The topological polar surface area (TPSA) is 42.4 Å². The second-order valence-electron chi connectivity index (χ2n) is 5.55. The predicted molar refractivity (Wildman–Crippen MR) is 91.6 cm³/mol. The molecule has 5 heteroatoms. The number of hydrogen-bond donors (Lipinski definition) is 0. The average Bonchev–Trinajstić information content (AvgIpc) is 3.24. The first kappa shape index (κ1) is 15.9. The van der Waals surface area contributed by atoms with E-state index in [1.54, 1.807) is 18.5 Å². The van der Waals surface area contributed by atoms with Crippen LogP contribution in [-0.4, -0.2) is 41.1 Å². The monoisotopic (exact) mass is 328 g/mol. The maximum absolute atomic E-state index is 12.8. The highest BCUT2D eigenvalue weighted by atomic mass is 32.1. The second-order valence-corrected chi connectivity index (χ2v) is 6.50. The van der Waals surface area contributed by atoms with Crippen molar-refractivity contribution in [3.05, 3.63) is 65.1 Å². The molecule has 1 aliphatic rings. The number of hydrogen-bond acceptors (Lipinski definition) is 4. The Balaban J connectivity index is 1.79. The molecule has 1 fully saturated rings. The maximum atomic E-state index is 12.8. The van der Waals surface area contributed by atoms with Crippen LogP contribution in [0.25, 0.3) is 0 Å². The zero-order valence-corrected chi connectivity index (χ0v) is 13.7. The Morgan fingerprint density at radius 2 is 2.26 bits per heavy atom. The summed E-state index contributed by atoms with van der Waals surface area (Å²) in [6.07, 6.45) is 7.02. The van der Waals surface area contributed by atoms with Crippen LogP contribution in [0.15, 0.2) is 54.7 Å². The van der Waals surface area contributed by atoms with Crippen molar-refractivity contribution in [2.75, 3.05) is 13.2 Å². The lowest BCUT2D eigenvalue weighted by atomic mass is 10.0. The molecule has 1 aliphatic heterocycles. The lowest BCUT2D eigenvalue weighted by molar-refractivity contribution is 0.0382. The molecule has 120 valence electrons. The molecule has 1 amide bonds. The van der Waals surface area contributed by atoms with Gasteiger partial charge in [0.2, 0.25) is 0 Å². The van der Waals surface area contributed by atoms with Crippen LogP contribution in [0.3, 0.4) is 0 Å². The number of aromatic nitrogens is 1. The van der Waals surface area contributed by atoms with E-state index in [9.17, 15) is 4.79 Å². The van der Waals surface area contributed by atoms with E-state index in [0.717, 1.165) is 24.3 Å². The molecule has 0 aliphatic carbocycles. The fourth-order valence-corrected chi connectivity index (χ4v) is 3.69. The summed E-state index contributed by atoms with van der Waals surface area (Å²) in [4.78, 5) is 19.6. The Morgan fingerprint density at radius 1 is 1.43 bits per heavy atom. The standard InChI is InChI=1S/C18H20N2O2S/c1-2-11-22-16-7-10-20(18(21)17-4-3-12-23-17)15(16)13-14-5-8-19-9-6-14/h2-6,8-9,12,15-16H,1,7,10-11,13H2/t15-,16+/m0/s1. The van der Waals surface area contributed by atoms with E-state index in [4.69, 9.17) is 4.74 Å². The quantitative estimate of drug-likeness (QED) is 0.765. The number of likely N-dealkylation sites (tertiary alicyclic amines) is 1. The van der Waals surface area contributed by atoms with E-state index in [2.05, 4.69) is 11.6 Å². The van der Waals surface area contributed by atoms with Gasteiger partial charge < -0.3 is 9.64 Å². The summed E-state index contributed by atoms with van der Waals surface area (Å²) in [5, 5.41) is 1.94. The molecule has 0 unspecified atom stereocenters. The Hall–Kier alpha value is -1.98. The first-order valence-electron chi connectivity index (χ1n) is 7.75. The average molecular weight is 328 g/mol. The third kappa shape index (κ3) is 3.68. The van der Waals surface area contributed by atoms with E-state index < -0.39 is 0 Å². The van der Waals surface area contributed by atoms with Crippen molar-refractivity contribution in [3.8, 4) is 0 Å². The predicted octanol–water partition coefficient (Wildman–Crippen LogP) is 3.17. The second kappa shape index (κ2) is 7.53. The first-order chi connectivity index (χ1) is 11.3. The van der Waals surface area contributed by atoms with Gasteiger partial charge in [-0.1, -0.05) is 12.1 Å². The SMILES string of the molecule is C=CCO[C@@H]1CCN(C(=O)c2cccs2)[C@H]1Cc1ccncc1. The van der Waals surface area contributed by atoms with Crippen molar-refractivity contribution in [2.45, 2.75) is 25.0 Å². The van der Waals surface area contributed by atoms with Gasteiger partial charge in [0.1, 0.15) is 0 Å². The normalized spacial score (nSPS) is 20.6. The highest BCUT2D eigenvalue weighted by Gasteiger charge is 2.38. The first-order valence-corrected chi connectivity index (χ1v) is 8.63. The van der Waals surface area contributed by atoms with Gasteiger partial charge >= 0.3 is 0 Å². The van der Waals surface area contributed by atoms with Crippen LogP contribution in [0.5, 0.6) is 0 Å². The summed E-state index contributed by atoms with van der Waals surface area (Å²) < 4.78 is 5.91. The third-order valence-corrected chi connectivity index (χ3v) is 4.96. The van der Waals surface area contributed by atoms with Gasteiger partial charge in [-0.2, -0.15) is 0 Å². The van der Waals surface area contributed by atoms with Gasteiger partial charge in [0.25, 0.3) is 5.91 Å². The molecule has 2 aromatic heterocycles. The Morgan fingerprint density at radius 3 is 2.96 bits per heavy atom. The molecule has 3 rings (SSSR count). The Kier molecular flexibility index (Phi) is 5.20. The van der Waals surface area contributed by atoms with Gasteiger partial charge in [0, 0.05) is 18.9 Å². The summed E-state index contributed by atoms with van der Waals surface area (Å²) >= 11 is 1.49. The van der Waals surface area contributed by atoms with Crippen LogP contribution >= 0.6 is 11.3 Å². The van der Waals surface area contributed by atoms with Crippen molar-refractivity contribution in [3.63, 3.8) is 0 Å². The van der Waals surface area contributed by atoms with Crippen molar-refractivity contribution in [2.24, 2.45) is 0 Å². The molecule has 0 spiro atoms. The lowest BCUT2D eigenvalue weighted by Crippen LogP contribution is -2.41. The van der Waals surface area contributed by atoms with E-state index in [0.29, 0.717) is 6.61 Å². The summed E-state index contributed by atoms with van der Waals surface area (Å²) in [5.74, 6) is 0.101. The summed E-state index contributed by atoms with van der Waals surface area (Å²) in [6, 6.07) is 7.84. The minimum Gasteiger partial charge on any atom is -0.372 e. The number of carbonyl (C=O) groups excluding carboxylic acids is 1. The van der Waals surface area contributed by atoms with Crippen molar-refractivity contribution >= 4 is 17.2 Å². The van der Waals surface area contributed by atoms with Gasteiger partial charge in [-0.25, -0.2) is 0 Å². The molecule has 23 heavy (non-hydrogen) atoms. The molecular formula is C18H20N2O2S. The molecule has 0 aromatic carbocycles. The van der Waals surface area contributed by atoms with Crippen LogP contribution in [0.2, 0.25) is 0 Å². The van der Waals surface area contributed by atoms with Gasteiger partial charge in [-0.05, 0) is 42.0 Å². The highest BCUT2D eigenvalue weighted by Crippen LogP contribution is 2.27. The minimum atomic E-state index is 0.0464. The molecule has 2 aromatic rings. The van der Waals surface area contributed by atoms with E-state index >= 15 is 0 Å². The van der Waals surface area contributed by atoms with Crippen LogP contribution in [0.1, 0.15) is 21.7 Å². The Bertz CT molecular complexity index is 642. The number of rotatable bonds is 6. The third-order valence-electron chi connectivity index (χ3n) is 4.10. The fourth-order valence-electron chi connectivity index (χ4n) is 3.01. The molecular weight excluding hydrogens is 308 g/mol. The number of amides is 1. The molecule has 3 heterocycles. The lowest BCUT2D eigenvalue weighted by Gasteiger charge is -2.28. The van der Waals surface area contributed by atoms with Crippen LogP contribution in [0.4, 0.5) is 0 Å². The number of carbonyl (C=O) groups is 1. The molecule has 0 bridgehead atoms. The molecule has 4 nitrogen and oxygen atoms in total. The summed E-state index contributed by atoms with van der Waals surface area (Å²) in [7, 11) is 0. The van der Waals surface area contributed by atoms with Crippen LogP contribution in [-0.2, 0) is 11.2 Å². The molecule has 0 N–H and O–H groups in total. The van der Waals surface area contributed by atoms with Crippen LogP contribution in [0, 0.1) is 0 Å². The number of ether oxygens (including phenoxy) is 1. The number of nitrogens with zero attached hydrogens (tertiary/aromatic N) is 2. The van der Waals surface area contributed by atoms with Gasteiger partial charge in [0.15, 0.2) is 0 Å². The summed E-state index contributed by atoms with van der Waals surface area (Å²) in [5.41, 5.74) is 1.17. The number of thiophene rings is 1. The summed E-state index contributed by atoms with van der Waals surface area (Å²) in [6.45, 7) is 4.96. The zero-order chi connectivity index (χ0) is 16.1. The molecule has 2 atom stereocenters. The van der Waals surface area contributed by atoms with Gasteiger partial charge in [-0.3, -0.25) is 9.78 Å². The van der Waals surface area contributed by atoms with Gasteiger partial charge in [-0.15, -0.1) is 17.9 Å². The largest absolute Gasteiger partial charge is 0.372 e. The fraction of sp³-hybridized carbons (Fsp3) is 0.333. The molecule has 0 saturated carbocycles. The Labute approximate surface area is 140 Å². The highest BCUT2D eigenvalue weighted by molar-refractivity contribution is 7.12. The minimum absolute atomic E-state index is 0.0464. The van der Waals surface area contributed by atoms with E-state index in [1.807, 2.05) is 34.5 Å². The van der Waals surface area contributed by atoms with E-state index in [-0.39, 0.29) is 18.1 Å². The zero-order valence-electron chi connectivity index (χ0n) is 12.9. The van der Waals surface area contributed by atoms with Crippen molar-refractivity contribution < 1.29 is 9.53 Å². The van der Waals surface area contributed by atoms with Crippen molar-refractivity contribution in [1.82, 2.24) is 9.88 Å². The maximum Gasteiger partial charge on any atom is 0.264 e. The van der Waals surface area contributed by atoms with Gasteiger partial charge in [0.05, 0.1) is 23.6 Å². The number of pyridine rings is 1. The van der Waals surface area contributed by atoms with Crippen LogP contribution < -0.4 is 0 Å². The molecule has 0 radical (unpaired) electrons. The smallest absolute Gasteiger partial charge is 0.264 e.